The van der Waals surface area contributed by atoms with E-state index in [0.29, 0.717) is 5.92 Å². The lowest BCUT2D eigenvalue weighted by Gasteiger charge is -2.14. The summed E-state index contributed by atoms with van der Waals surface area (Å²) in [6, 6.07) is 0. The average Bonchev–Trinajstić information content (AvgIpc) is 2.05. The molecule has 0 fully saturated rings. The van der Waals surface area contributed by atoms with E-state index < -0.39 is 0 Å². The molecular weight excluding hydrogens is 136 g/mol. The van der Waals surface area contributed by atoms with Crippen LogP contribution >= 0.6 is 0 Å². The highest BCUT2D eigenvalue weighted by Gasteiger charge is 2.30. The van der Waals surface area contributed by atoms with Gasteiger partial charge in [0.1, 0.15) is 0 Å². The Morgan fingerprint density at radius 3 is 2.36 bits per heavy atom. The van der Waals surface area contributed by atoms with E-state index in [9.17, 15) is 4.79 Å². The van der Waals surface area contributed by atoms with Crippen LogP contribution in [0.3, 0.4) is 0 Å². The van der Waals surface area contributed by atoms with Crippen molar-refractivity contribution in [3.8, 4) is 0 Å². The largest absolute Gasteiger partial charge is 0.295 e. The van der Waals surface area contributed by atoms with E-state index in [1.807, 2.05) is 0 Å². The summed E-state index contributed by atoms with van der Waals surface area (Å²) < 4.78 is 0. The maximum absolute atomic E-state index is 11.1. The van der Waals surface area contributed by atoms with Crippen LogP contribution in [0.1, 0.15) is 34.1 Å². The molecule has 0 spiro atoms. The van der Waals surface area contributed by atoms with E-state index >= 15 is 0 Å². The topological polar surface area (TPSA) is 17.1 Å². The highest BCUT2D eigenvalue weighted by Crippen LogP contribution is 2.39. The van der Waals surface area contributed by atoms with Crippen molar-refractivity contribution < 1.29 is 4.79 Å². The highest BCUT2D eigenvalue weighted by molar-refractivity contribution is 5.94. The van der Waals surface area contributed by atoms with Crippen LogP contribution < -0.4 is 0 Å². The van der Waals surface area contributed by atoms with Crippen molar-refractivity contribution in [1.82, 2.24) is 0 Å². The molecule has 0 saturated heterocycles. The lowest BCUT2D eigenvalue weighted by Crippen LogP contribution is -2.05. The van der Waals surface area contributed by atoms with E-state index in [1.54, 1.807) is 6.92 Å². The van der Waals surface area contributed by atoms with Gasteiger partial charge in [0.15, 0.2) is 5.78 Å². The van der Waals surface area contributed by atoms with Crippen LogP contribution in [-0.4, -0.2) is 5.78 Å². The molecule has 0 aliphatic heterocycles. The predicted molar refractivity (Wildman–Crippen MR) is 46.3 cm³/mol. The molecule has 0 aromatic heterocycles. The molecule has 0 N–H and O–H groups in total. The number of allylic oxidation sites excluding steroid dienone is 2. The van der Waals surface area contributed by atoms with Gasteiger partial charge in [-0.2, -0.15) is 0 Å². The number of carbonyl (C=O) groups is 1. The Bertz CT molecular complexity index is 211. The normalized spacial score (nSPS) is 28.4. The second-order valence-electron chi connectivity index (χ2n) is 4.25. The Hall–Kier alpha value is -0.590. The van der Waals surface area contributed by atoms with Gasteiger partial charge in [-0.25, -0.2) is 0 Å². The summed E-state index contributed by atoms with van der Waals surface area (Å²) in [5.74, 6) is 0.700. The Morgan fingerprint density at radius 2 is 2.18 bits per heavy atom. The predicted octanol–water partition coefficient (Wildman–Crippen LogP) is 2.57. The average molecular weight is 152 g/mol. The lowest BCUT2D eigenvalue weighted by atomic mass is 9.90. The number of ketones is 1. The molecule has 0 aromatic rings. The molecule has 1 heteroatoms. The Morgan fingerprint density at radius 1 is 1.64 bits per heavy atom. The molecule has 0 saturated carbocycles. The van der Waals surface area contributed by atoms with Gasteiger partial charge in [-0.15, -0.1) is 0 Å². The minimum atomic E-state index is 0.237. The fourth-order valence-electron chi connectivity index (χ4n) is 1.97. The van der Waals surface area contributed by atoms with E-state index in [1.165, 1.54) is 0 Å². The van der Waals surface area contributed by atoms with Crippen molar-refractivity contribution in [3.05, 3.63) is 11.6 Å². The van der Waals surface area contributed by atoms with Crippen molar-refractivity contribution in [2.75, 3.05) is 0 Å². The fraction of sp³-hybridized carbons (Fsp3) is 0.700. The van der Waals surface area contributed by atoms with Crippen LogP contribution in [-0.2, 0) is 4.79 Å². The van der Waals surface area contributed by atoms with Gasteiger partial charge in [0.25, 0.3) is 0 Å². The Balaban J connectivity index is 2.88. The van der Waals surface area contributed by atoms with Gasteiger partial charge in [-0.3, -0.25) is 4.79 Å². The molecule has 0 bridgehead atoms. The molecule has 1 rings (SSSR count). The Kier molecular flexibility index (Phi) is 1.91. The summed E-state index contributed by atoms with van der Waals surface area (Å²) in [4.78, 5) is 11.1. The Labute approximate surface area is 68.5 Å². The molecule has 1 atom stereocenters. The maximum atomic E-state index is 11.1. The first-order valence-electron chi connectivity index (χ1n) is 4.16. The minimum absolute atomic E-state index is 0.237. The van der Waals surface area contributed by atoms with Crippen molar-refractivity contribution in [1.29, 1.82) is 0 Å². The zero-order chi connectivity index (χ0) is 8.65. The van der Waals surface area contributed by atoms with Crippen molar-refractivity contribution in [2.24, 2.45) is 11.3 Å². The van der Waals surface area contributed by atoms with E-state index in [4.69, 9.17) is 0 Å². The SMILES string of the molecule is CC(=O)C1=CC(C)(C)CC1C. The smallest absolute Gasteiger partial charge is 0.155 e. The lowest BCUT2D eigenvalue weighted by molar-refractivity contribution is -0.114. The molecule has 11 heavy (non-hydrogen) atoms. The van der Waals surface area contributed by atoms with Gasteiger partial charge in [0, 0.05) is 0 Å². The van der Waals surface area contributed by atoms with E-state index in [-0.39, 0.29) is 11.2 Å². The molecule has 62 valence electrons. The first-order chi connectivity index (χ1) is 4.92. The minimum Gasteiger partial charge on any atom is -0.295 e. The third-order valence-corrected chi connectivity index (χ3v) is 2.32. The zero-order valence-corrected chi connectivity index (χ0v) is 7.77. The van der Waals surface area contributed by atoms with Crippen molar-refractivity contribution in [3.63, 3.8) is 0 Å². The van der Waals surface area contributed by atoms with Gasteiger partial charge in [0.2, 0.25) is 0 Å². The number of rotatable bonds is 1. The molecule has 1 nitrogen and oxygen atoms in total. The molecule has 0 radical (unpaired) electrons. The van der Waals surface area contributed by atoms with Crippen molar-refractivity contribution >= 4 is 5.78 Å². The van der Waals surface area contributed by atoms with Crippen LogP contribution in [0.25, 0.3) is 0 Å². The molecule has 1 unspecified atom stereocenters. The van der Waals surface area contributed by atoms with Crippen LogP contribution in [0.15, 0.2) is 11.6 Å². The van der Waals surface area contributed by atoms with E-state index in [0.717, 1.165) is 12.0 Å². The first kappa shape index (κ1) is 8.51. The molecule has 1 aliphatic carbocycles. The molecule has 0 amide bonds. The number of Topliss-reactive ketones (excluding diaryl/α,β-unsaturated/α-hetero) is 1. The van der Waals surface area contributed by atoms with Gasteiger partial charge < -0.3 is 0 Å². The summed E-state index contributed by atoms with van der Waals surface area (Å²) in [5, 5.41) is 0. The zero-order valence-electron chi connectivity index (χ0n) is 7.77. The standard InChI is InChI=1S/C10H16O/c1-7-5-10(3,4)6-9(7)8(2)11/h6-7H,5H2,1-4H3. The quantitative estimate of drug-likeness (QED) is 0.564. The highest BCUT2D eigenvalue weighted by atomic mass is 16.1. The number of hydrogen-bond acceptors (Lipinski definition) is 1. The van der Waals surface area contributed by atoms with E-state index in [2.05, 4.69) is 26.8 Å². The number of carbonyl (C=O) groups excluding carboxylic acids is 1. The van der Waals surface area contributed by atoms with Gasteiger partial charge in [0.05, 0.1) is 0 Å². The molecular formula is C10H16O. The summed E-state index contributed by atoms with van der Waals surface area (Å²) in [6.45, 7) is 8.14. The molecule has 0 heterocycles. The summed E-state index contributed by atoms with van der Waals surface area (Å²) in [7, 11) is 0. The van der Waals surface area contributed by atoms with Gasteiger partial charge >= 0.3 is 0 Å². The van der Waals surface area contributed by atoms with Gasteiger partial charge in [-0.05, 0) is 30.3 Å². The molecule has 1 aliphatic rings. The summed E-state index contributed by atoms with van der Waals surface area (Å²) >= 11 is 0. The van der Waals surface area contributed by atoms with Crippen molar-refractivity contribution in [2.45, 2.75) is 34.1 Å². The third kappa shape index (κ3) is 1.70. The first-order valence-corrected chi connectivity index (χ1v) is 4.16. The second-order valence-corrected chi connectivity index (χ2v) is 4.25. The van der Waals surface area contributed by atoms with Crippen LogP contribution in [0.4, 0.5) is 0 Å². The number of hydrogen-bond donors (Lipinski definition) is 0. The summed E-state index contributed by atoms with van der Waals surface area (Å²) in [6.07, 6.45) is 3.24. The maximum Gasteiger partial charge on any atom is 0.155 e. The van der Waals surface area contributed by atoms with Crippen LogP contribution in [0.2, 0.25) is 0 Å². The molecule has 0 aromatic carbocycles. The van der Waals surface area contributed by atoms with Crippen LogP contribution in [0, 0.1) is 11.3 Å². The second kappa shape index (κ2) is 2.47. The summed E-state index contributed by atoms with van der Waals surface area (Å²) in [5.41, 5.74) is 1.26. The van der Waals surface area contributed by atoms with Crippen LogP contribution in [0.5, 0.6) is 0 Å². The van der Waals surface area contributed by atoms with Gasteiger partial charge in [-0.1, -0.05) is 26.8 Å². The fourth-order valence-corrected chi connectivity index (χ4v) is 1.97. The third-order valence-electron chi connectivity index (χ3n) is 2.32. The monoisotopic (exact) mass is 152 g/mol.